The molecule has 31 heavy (non-hydrogen) atoms. The van der Waals surface area contributed by atoms with E-state index in [-0.39, 0.29) is 65.6 Å². The van der Waals surface area contributed by atoms with Crippen molar-refractivity contribution < 1.29 is 23.9 Å². The molecule has 0 radical (unpaired) electrons. The monoisotopic (exact) mass is 430 g/mol. The summed E-state index contributed by atoms with van der Waals surface area (Å²) in [6.07, 6.45) is 8.10. The summed E-state index contributed by atoms with van der Waals surface area (Å²) >= 11 is 0. The van der Waals surface area contributed by atoms with E-state index in [1.54, 1.807) is 11.9 Å². The minimum Gasteiger partial charge on any atom is -0.375 e. The van der Waals surface area contributed by atoms with Gasteiger partial charge >= 0.3 is 0 Å². The molecule has 6 unspecified atom stereocenters. The number of amides is 4. The van der Waals surface area contributed by atoms with Crippen molar-refractivity contribution in [2.24, 2.45) is 29.6 Å². The van der Waals surface area contributed by atoms with Crippen LogP contribution < -0.4 is 0 Å². The number of likely N-dealkylation sites (tertiary alicyclic amines) is 2. The lowest BCUT2D eigenvalue weighted by atomic mass is 9.78. The fourth-order valence-corrected chi connectivity index (χ4v) is 6.85. The molecule has 2 heterocycles. The summed E-state index contributed by atoms with van der Waals surface area (Å²) in [4.78, 5) is 53.7. The van der Waals surface area contributed by atoms with E-state index in [2.05, 4.69) is 6.92 Å². The van der Waals surface area contributed by atoms with Crippen LogP contribution in [0.15, 0.2) is 0 Å². The van der Waals surface area contributed by atoms with Crippen molar-refractivity contribution in [2.75, 3.05) is 7.05 Å². The first-order chi connectivity index (χ1) is 14.8. The van der Waals surface area contributed by atoms with Crippen LogP contribution in [0.4, 0.5) is 0 Å². The van der Waals surface area contributed by atoms with Crippen LogP contribution in [0.3, 0.4) is 0 Å². The van der Waals surface area contributed by atoms with Crippen LogP contribution in [-0.4, -0.2) is 58.7 Å². The molecule has 4 amide bonds. The number of carbonyl (C=O) groups is 4. The van der Waals surface area contributed by atoms with Gasteiger partial charge in [0.05, 0.1) is 35.9 Å². The van der Waals surface area contributed by atoms with Gasteiger partial charge in [0.2, 0.25) is 23.6 Å². The van der Waals surface area contributed by atoms with Crippen LogP contribution in [0.25, 0.3) is 0 Å². The average molecular weight is 431 g/mol. The molecular formula is C24H34N2O5. The maximum Gasteiger partial charge on any atom is 0.233 e. The SMILES string of the molecule is CC1CCC(N2C(=O)C3CCC(OC4CCC5C(=O)N(C)C(=O)C5C4)CC3C2=O)CC1. The van der Waals surface area contributed by atoms with Gasteiger partial charge in [-0.1, -0.05) is 6.92 Å². The molecule has 0 spiro atoms. The van der Waals surface area contributed by atoms with Gasteiger partial charge in [0.1, 0.15) is 0 Å². The summed E-state index contributed by atoms with van der Waals surface area (Å²) in [6, 6.07) is 0.0827. The number of hydrogen-bond donors (Lipinski definition) is 0. The molecule has 5 fully saturated rings. The largest absolute Gasteiger partial charge is 0.375 e. The van der Waals surface area contributed by atoms with E-state index in [1.807, 2.05) is 0 Å². The highest BCUT2D eigenvalue weighted by molar-refractivity contribution is 6.06. The van der Waals surface area contributed by atoms with Gasteiger partial charge in [-0.15, -0.1) is 0 Å². The van der Waals surface area contributed by atoms with Crippen molar-refractivity contribution in [3.05, 3.63) is 0 Å². The first-order valence-electron chi connectivity index (χ1n) is 12.2. The zero-order valence-electron chi connectivity index (χ0n) is 18.6. The Morgan fingerprint density at radius 2 is 1.13 bits per heavy atom. The highest BCUT2D eigenvalue weighted by Crippen LogP contribution is 2.44. The molecular weight excluding hydrogens is 396 g/mol. The zero-order valence-corrected chi connectivity index (χ0v) is 18.6. The van der Waals surface area contributed by atoms with Crippen LogP contribution in [0, 0.1) is 29.6 Å². The Hall–Kier alpha value is -1.76. The lowest BCUT2D eigenvalue weighted by Crippen LogP contribution is -2.42. The minimum absolute atomic E-state index is 0.0183. The third kappa shape index (κ3) is 3.53. The van der Waals surface area contributed by atoms with Crippen LogP contribution in [0.2, 0.25) is 0 Å². The van der Waals surface area contributed by atoms with Gasteiger partial charge in [0.15, 0.2) is 0 Å². The van der Waals surface area contributed by atoms with E-state index in [1.165, 1.54) is 4.90 Å². The van der Waals surface area contributed by atoms with Crippen LogP contribution in [0.1, 0.15) is 71.1 Å². The summed E-state index contributed by atoms with van der Waals surface area (Å²) in [7, 11) is 1.57. The highest BCUT2D eigenvalue weighted by Gasteiger charge is 2.53. The van der Waals surface area contributed by atoms with Gasteiger partial charge in [-0.2, -0.15) is 0 Å². The highest BCUT2D eigenvalue weighted by atomic mass is 16.5. The second-order valence-electron chi connectivity index (χ2n) is 10.6. The lowest BCUT2D eigenvalue weighted by Gasteiger charge is -2.35. The molecule has 7 nitrogen and oxygen atoms in total. The Morgan fingerprint density at radius 3 is 1.74 bits per heavy atom. The molecule has 0 aromatic rings. The van der Waals surface area contributed by atoms with E-state index < -0.39 is 0 Å². The number of rotatable bonds is 3. The predicted molar refractivity (Wildman–Crippen MR) is 111 cm³/mol. The molecule has 170 valence electrons. The number of hydrogen-bond acceptors (Lipinski definition) is 5. The Bertz CT molecular complexity index is 789. The maximum atomic E-state index is 13.2. The summed E-state index contributed by atoms with van der Waals surface area (Å²) in [6.45, 7) is 2.24. The fraction of sp³-hybridized carbons (Fsp3) is 0.833. The number of nitrogens with zero attached hydrogens (tertiary/aromatic N) is 2. The molecule has 0 aromatic heterocycles. The molecule has 0 bridgehead atoms. The van der Waals surface area contributed by atoms with Crippen molar-refractivity contribution in [3.63, 3.8) is 0 Å². The van der Waals surface area contributed by atoms with Gasteiger partial charge in [0.25, 0.3) is 0 Å². The van der Waals surface area contributed by atoms with E-state index in [4.69, 9.17) is 4.74 Å². The van der Waals surface area contributed by atoms with Crippen LogP contribution in [-0.2, 0) is 23.9 Å². The molecule has 0 aromatic carbocycles. The van der Waals surface area contributed by atoms with Crippen molar-refractivity contribution >= 4 is 23.6 Å². The first kappa shape index (κ1) is 21.1. The second kappa shape index (κ2) is 7.98. The van der Waals surface area contributed by atoms with Crippen molar-refractivity contribution in [1.29, 1.82) is 0 Å². The van der Waals surface area contributed by atoms with Gasteiger partial charge < -0.3 is 4.74 Å². The quantitative estimate of drug-likeness (QED) is 0.643. The Kier molecular flexibility index (Phi) is 5.43. The van der Waals surface area contributed by atoms with E-state index in [0.717, 1.165) is 38.5 Å². The Labute approximate surface area is 183 Å². The molecule has 6 atom stereocenters. The van der Waals surface area contributed by atoms with Crippen LogP contribution >= 0.6 is 0 Å². The predicted octanol–water partition coefficient (Wildman–Crippen LogP) is 2.52. The summed E-state index contributed by atoms with van der Waals surface area (Å²) in [5.41, 5.74) is 0. The van der Waals surface area contributed by atoms with E-state index in [0.29, 0.717) is 31.6 Å². The molecule has 3 saturated carbocycles. The molecule has 2 aliphatic heterocycles. The molecule has 2 saturated heterocycles. The van der Waals surface area contributed by atoms with Crippen molar-refractivity contribution in [3.8, 4) is 0 Å². The molecule has 5 aliphatic rings. The minimum atomic E-state index is -0.258. The van der Waals surface area contributed by atoms with Crippen molar-refractivity contribution in [2.45, 2.75) is 89.4 Å². The number of fused-ring (bicyclic) bond motifs is 2. The number of carbonyl (C=O) groups excluding carboxylic acids is 4. The van der Waals surface area contributed by atoms with E-state index >= 15 is 0 Å². The van der Waals surface area contributed by atoms with Gasteiger partial charge in [-0.3, -0.25) is 29.0 Å². The topological polar surface area (TPSA) is 84.0 Å². The standard InChI is InChI=1S/C24H34N2O5/c1-13-3-5-14(6-4-13)26-23(29)18-10-8-16(12-20(18)24(26)30)31-15-7-9-17-19(11-15)22(28)25(2)21(17)27/h13-20H,3-12H2,1-2H3. The normalized spacial score (nSPS) is 43.4. The average Bonchev–Trinajstić information content (AvgIpc) is 3.14. The summed E-state index contributed by atoms with van der Waals surface area (Å²) < 4.78 is 6.38. The Balaban J connectivity index is 1.20. The number of ether oxygens (including phenoxy) is 1. The smallest absolute Gasteiger partial charge is 0.233 e. The third-order valence-electron chi connectivity index (χ3n) is 8.74. The molecule has 3 aliphatic carbocycles. The van der Waals surface area contributed by atoms with Gasteiger partial charge in [-0.25, -0.2) is 0 Å². The maximum absolute atomic E-state index is 13.2. The molecule has 0 N–H and O–H groups in total. The third-order valence-corrected chi connectivity index (χ3v) is 8.74. The lowest BCUT2D eigenvalue weighted by molar-refractivity contribution is -0.144. The first-order valence-corrected chi connectivity index (χ1v) is 12.2. The molecule has 5 rings (SSSR count). The van der Waals surface area contributed by atoms with Gasteiger partial charge in [-0.05, 0) is 70.1 Å². The van der Waals surface area contributed by atoms with Crippen molar-refractivity contribution in [1.82, 2.24) is 9.80 Å². The second-order valence-corrected chi connectivity index (χ2v) is 10.6. The van der Waals surface area contributed by atoms with E-state index in [9.17, 15) is 19.2 Å². The summed E-state index contributed by atoms with van der Waals surface area (Å²) in [5, 5.41) is 0. The number of imide groups is 2. The van der Waals surface area contributed by atoms with Crippen LogP contribution in [0.5, 0.6) is 0 Å². The summed E-state index contributed by atoms with van der Waals surface area (Å²) in [5.74, 6) is -0.257. The molecule has 7 heteroatoms. The zero-order chi connectivity index (χ0) is 21.9. The fourth-order valence-electron chi connectivity index (χ4n) is 6.85. The van der Waals surface area contributed by atoms with Gasteiger partial charge in [0, 0.05) is 13.1 Å². The Morgan fingerprint density at radius 1 is 0.645 bits per heavy atom.